The molecule has 3 aromatic rings. The van der Waals surface area contributed by atoms with Crippen LogP contribution >= 0.6 is 0 Å². The standard InChI is InChI=1S/C21H23N3O3/c1-3-27-21(26)19-13-18-17(10-12-22(18)2)24(19)14-20(25)23-11-6-8-15-7-4-5-9-16(15)23/h4-5,7,9-10,12-13H,3,6,8,11,14H2,1-2H3. The Morgan fingerprint density at radius 2 is 1.96 bits per heavy atom. The van der Waals surface area contributed by atoms with Gasteiger partial charge in [0.05, 0.1) is 17.6 Å². The van der Waals surface area contributed by atoms with Gasteiger partial charge in [-0.1, -0.05) is 18.2 Å². The average molecular weight is 365 g/mol. The van der Waals surface area contributed by atoms with Gasteiger partial charge < -0.3 is 18.8 Å². The summed E-state index contributed by atoms with van der Waals surface area (Å²) in [5.74, 6) is -0.422. The fourth-order valence-corrected chi connectivity index (χ4v) is 3.83. The van der Waals surface area contributed by atoms with Crippen molar-refractivity contribution in [3.8, 4) is 0 Å². The second-order valence-electron chi connectivity index (χ2n) is 6.81. The van der Waals surface area contributed by atoms with Gasteiger partial charge in [-0.05, 0) is 43.5 Å². The Balaban J connectivity index is 1.70. The van der Waals surface area contributed by atoms with E-state index in [1.807, 2.05) is 47.0 Å². The van der Waals surface area contributed by atoms with E-state index in [1.165, 1.54) is 5.56 Å². The zero-order valence-corrected chi connectivity index (χ0v) is 15.6. The molecule has 6 heteroatoms. The first kappa shape index (κ1) is 17.4. The number of ether oxygens (including phenoxy) is 1. The molecule has 0 N–H and O–H groups in total. The van der Waals surface area contributed by atoms with Gasteiger partial charge >= 0.3 is 5.97 Å². The number of amides is 1. The average Bonchev–Trinajstić information content (AvgIpc) is 3.22. The lowest BCUT2D eigenvalue weighted by Crippen LogP contribution is -2.38. The van der Waals surface area contributed by atoms with Crippen LogP contribution in [0.1, 0.15) is 29.4 Å². The summed E-state index contributed by atoms with van der Waals surface area (Å²) in [6, 6.07) is 11.8. The Morgan fingerprint density at radius 1 is 1.15 bits per heavy atom. The van der Waals surface area contributed by atoms with Crippen molar-refractivity contribution in [1.82, 2.24) is 9.13 Å². The highest BCUT2D eigenvalue weighted by atomic mass is 16.5. The zero-order valence-electron chi connectivity index (χ0n) is 15.6. The van der Waals surface area contributed by atoms with Crippen LogP contribution < -0.4 is 4.90 Å². The minimum absolute atomic E-state index is 0.0194. The third-order valence-electron chi connectivity index (χ3n) is 5.14. The van der Waals surface area contributed by atoms with Crippen molar-refractivity contribution in [3.05, 3.63) is 53.9 Å². The summed E-state index contributed by atoms with van der Waals surface area (Å²) in [7, 11) is 1.92. The number of para-hydroxylation sites is 1. The first-order chi connectivity index (χ1) is 13.1. The minimum atomic E-state index is -0.402. The van der Waals surface area contributed by atoms with Crippen molar-refractivity contribution in [2.45, 2.75) is 26.3 Å². The van der Waals surface area contributed by atoms with Crippen molar-refractivity contribution in [2.24, 2.45) is 7.05 Å². The summed E-state index contributed by atoms with van der Waals surface area (Å²) in [4.78, 5) is 27.4. The molecule has 27 heavy (non-hydrogen) atoms. The first-order valence-electron chi connectivity index (χ1n) is 9.30. The summed E-state index contributed by atoms with van der Waals surface area (Å²) >= 11 is 0. The number of carbonyl (C=O) groups excluding carboxylic acids is 2. The Bertz CT molecular complexity index is 1020. The van der Waals surface area contributed by atoms with E-state index in [0.717, 1.165) is 29.6 Å². The molecule has 0 saturated heterocycles. The molecule has 6 nitrogen and oxygen atoms in total. The van der Waals surface area contributed by atoms with Crippen molar-refractivity contribution in [1.29, 1.82) is 0 Å². The molecule has 1 amide bonds. The molecule has 1 aromatic carbocycles. The van der Waals surface area contributed by atoms with Crippen LogP contribution in [0.25, 0.3) is 11.0 Å². The SMILES string of the molecule is CCOC(=O)c1cc2c(ccn2C)n1CC(=O)N1CCCc2ccccc21. The molecule has 0 saturated carbocycles. The molecule has 0 unspecified atom stereocenters. The largest absolute Gasteiger partial charge is 0.461 e. The summed E-state index contributed by atoms with van der Waals surface area (Å²) < 4.78 is 8.91. The number of fused-ring (bicyclic) bond motifs is 2. The maximum absolute atomic E-state index is 13.2. The van der Waals surface area contributed by atoms with Gasteiger partial charge in [-0.15, -0.1) is 0 Å². The van der Waals surface area contributed by atoms with Gasteiger partial charge in [-0.3, -0.25) is 4.79 Å². The van der Waals surface area contributed by atoms with E-state index < -0.39 is 5.97 Å². The molecule has 0 radical (unpaired) electrons. The van der Waals surface area contributed by atoms with Crippen molar-refractivity contribution in [3.63, 3.8) is 0 Å². The monoisotopic (exact) mass is 365 g/mol. The van der Waals surface area contributed by atoms with Gasteiger partial charge in [0, 0.05) is 25.5 Å². The lowest BCUT2D eigenvalue weighted by molar-refractivity contribution is -0.119. The van der Waals surface area contributed by atoms with Crippen LogP contribution in [0, 0.1) is 0 Å². The summed E-state index contributed by atoms with van der Waals surface area (Å²) in [5, 5.41) is 0. The highest BCUT2D eigenvalue weighted by Gasteiger charge is 2.25. The van der Waals surface area contributed by atoms with E-state index in [1.54, 1.807) is 17.6 Å². The zero-order chi connectivity index (χ0) is 19.0. The third kappa shape index (κ3) is 3.01. The van der Waals surface area contributed by atoms with E-state index in [9.17, 15) is 9.59 Å². The number of aryl methyl sites for hydroxylation is 2. The van der Waals surface area contributed by atoms with Crippen LogP contribution in [0.15, 0.2) is 42.6 Å². The Kier molecular flexibility index (Phi) is 4.48. The van der Waals surface area contributed by atoms with Gasteiger partial charge in [-0.2, -0.15) is 0 Å². The van der Waals surface area contributed by atoms with Gasteiger partial charge in [-0.25, -0.2) is 4.79 Å². The number of hydrogen-bond donors (Lipinski definition) is 0. The summed E-state index contributed by atoms with van der Waals surface area (Å²) in [5.41, 5.74) is 4.35. The van der Waals surface area contributed by atoms with Crippen LogP contribution in [0.2, 0.25) is 0 Å². The fraction of sp³-hybridized carbons (Fsp3) is 0.333. The van der Waals surface area contributed by atoms with E-state index in [2.05, 4.69) is 6.07 Å². The number of aromatic nitrogens is 2. The number of anilines is 1. The first-order valence-corrected chi connectivity index (χ1v) is 9.30. The highest BCUT2D eigenvalue weighted by molar-refractivity contribution is 5.99. The van der Waals surface area contributed by atoms with E-state index in [0.29, 0.717) is 18.8 Å². The smallest absolute Gasteiger partial charge is 0.355 e. The quantitative estimate of drug-likeness (QED) is 0.668. The number of hydrogen-bond acceptors (Lipinski definition) is 3. The van der Waals surface area contributed by atoms with Crippen LogP contribution in [0.4, 0.5) is 5.69 Å². The van der Waals surface area contributed by atoms with E-state index in [4.69, 9.17) is 4.74 Å². The molecule has 1 aliphatic rings. The summed E-state index contributed by atoms with van der Waals surface area (Å²) in [6.07, 6.45) is 3.86. The second-order valence-corrected chi connectivity index (χ2v) is 6.81. The fourth-order valence-electron chi connectivity index (χ4n) is 3.83. The van der Waals surface area contributed by atoms with Crippen molar-refractivity contribution >= 4 is 28.6 Å². The number of benzene rings is 1. The highest BCUT2D eigenvalue weighted by Crippen LogP contribution is 2.28. The van der Waals surface area contributed by atoms with Gasteiger partial charge in [0.15, 0.2) is 0 Å². The van der Waals surface area contributed by atoms with Crippen molar-refractivity contribution in [2.75, 3.05) is 18.1 Å². The Hall–Kier alpha value is -3.02. The third-order valence-corrected chi connectivity index (χ3v) is 5.14. The number of esters is 1. The molecule has 0 fully saturated rings. The maximum atomic E-state index is 13.2. The molecular formula is C21H23N3O3. The van der Waals surface area contributed by atoms with Gasteiger partial charge in [0.1, 0.15) is 12.2 Å². The number of carbonyl (C=O) groups is 2. The minimum Gasteiger partial charge on any atom is -0.461 e. The molecule has 2 aromatic heterocycles. The van der Waals surface area contributed by atoms with Gasteiger partial charge in [0.2, 0.25) is 5.91 Å². The number of nitrogens with zero attached hydrogens (tertiary/aromatic N) is 3. The predicted octanol–water partition coefficient (Wildman–Crippen LogP) is 3.14. The van der Waals surface area contributed by atoms with Crippen LogP contribution in [-0.4, -0.2) is 34.2 Å². The molecule has 3 heterocycles. The topological polar surface area (TPSA) is 56.5 Å². The van der Waals surface area contributed by atoms with Crippen LogP contribution in [-0.2, 0) is 29.5 Å². The molecule has 0 bridgehead atoms. The molecule has 0 spiro atoms. The molecule has 0 atom stereocenters. The molecule has 4 rings (SSSR count). The normalized spacial score (nSPS) is 13.6. The van der Waals surface area contributed by atoms with Crippen LogP contribution in [0.3, 0.4) is 0 Å². The molecule has 0 aliphatic carbocycles. The van der Waals surface area contributed by atoms with E-state index in [-0.39, 0.29) is 12.5 Å². The lowest BCUT2D eigenvalue weighted by atomic mass is 10.0. The number of rotatable bonds is 4. The van der Waals surface area contributed by atoms with Gasteiger partial charge in [0.25, 0.3) is 0 Å². The van der Waals surface area contributed by atoms with Crippen LogP contribution in [0.5, 0.6) is 0 Å². The van der Waals surface area contributed by atoms with E-state index >= 15 is 0 Å². The molecule has 1 aliphatic heterocycles. The second kappa shape index (κ2) is 6.95. The van der Waals surface area contributed by atoms with Crippen molar-refractivity contribution < 1.29 is 14.3 Å². The molecular weight excluding hydrogens is 342 g/mol. The maximum Gasteiger partial charge on any atom is 0.355 e. The Morgan fingerprint density at radius 3 is 2.78 bits per heavy atom. The summed E-state index contributed by atoms with van der Waals surface area (Å²) in [6.45, 7) is 2.88. The Labute approximate surface area is 157 Å². The molecule has 140 valence electrons. The predicted molar refractivity (Wildman–Crippen MR) is 104 cm³/mol. The lowest BCUT2D eigenvalue weighted by Gasteiger charge is -2.29.